The maximum atomic E-state index is 13.2. The van der Waals surface area contributed by atoms with Crippen LogP contribution in [0.4, 0.5) is 5.69 Å². The molecular formula is C23H23NO4. The van der Waals surface area contributed by atoms with Crippen LogP contribution >= 0.6 is 0 Å². The first-order chi connectivity index (χ1) is 13.7. The van der Waals surface area contributed by atoms with E-state index in [1.807, 2.05) is 48.5 Å². The average molecular weight is 377 g/mol. The molecule has 5 heteroatoms. The van der Waals surface area contributed by atoms with E-state index in [0.29, 0.717) is 24.3 Å². The summed E-state index contributed by atoms with van der Waals surface area (Å²) < 4.78 is 11.0. The van der Waals surface area contributed by atoms with Crippen LogP contribution in [-0.4, -0.2) is 25.9 Å². The number of allylic oxidation sites excluding steroid dienone is 2. The van der Waals surface area contributed by atoms with Crippen LogP contribution in [0.1, 0.15) is 37.2 Å². The Morgan fingerprint density at radius 3 is 2.43 bits per heavy atom. The summed E-state index contributed by atoms with van der Waals surface area (Å²) in [6, 6.07) is 15.2. The van der Waals surface area contributed by atoms with Crippen molar-refractivity contribution in [2.75, 3.05) is 19.1 Å². The van der Waals surface area contributed by atoms with Crippen LogP contribution in [0.3, 0.4) is 0 Å². The van der Waals surface area contributed by atoms with Crippen molar-refractivity contribution in [2.24, 2.45) is 0 Å². The Hall–Kier alpha value is -3.08. The maximum absolute atomic E-state index is 13.2. The quantitative estimate of drug-likeness (QED) is 0.800. The Balaban J connectivity index is 1.89. The number of anilines is 1. The van der Waals surface area contributed by atoms with Crippen molar-refractivity contribution in [3.8, 4) is 11.5 Å². The number of rotatable bonds is 4. The van der Waals surface area contributed by atoms with Crippen molar-refractivity contribution in [2.45, 2.75) is 31.6 Å². The predicted octanol–water partition coefficient (Wildman–Crippen LogP) is 4.23. The van der Waals surface area contributed by atoms with Gasteiger partial charge >= 0.3 is 0 Å². The second-order valence-corrected chi connectivity index (χ2v) is 7.04. The van der Waals surface area contributed by atoms with Crippen LogP contribution in [-0.2, 0) is 9.59 Å². The lowest BCUT2D eigenvalue weighted by molar-refractivity contribution is -0.119. The van der Waals surface area contributed by atoms with E-state index in [0.717, 1.165) is 28.9 Å². The van der Waals surface area contributed by atoms with E-state index in [1.54, 1.807) is 19.1 Å². The topological polar surface area (TPSA) is 55.8 Å². The molecule has 0 saturated heterocycles. The summed E-state index contributed by atoms with van der Waals surface area (Å²) in [5.41, 5.74) is 3.20. The van der Waals surface area contributed by atoms with Gasteiger partial charge in [-0.3, -0.25) is 14.5 Å². The fraction of sp³-hybridized carbons (Fsp3) is 0.304. The molecule has 28 heavy (non-hydrogen) atoms. The molecule has 144 valence electrons. The number of ketones is 1. The predicted molar refractivity (Wildman–Crippen MR) is 107 cm³/mol. The number of para-hydroxylation sites is 2. The van der Waals surface area contributed by atoms with E-state index >= 15 is 0 Å². The van der Waals surface area contributed by atoms with Gasteiger partial charge in [0.15, 0.2) is 17.3 Å². The normalized spacial score (nSPS) is 19.5. The van der Waals surface area contributed by atoms with Crippen molar-refractivity contribution in [3.63, 3.8) is 0 Å². The van der Waals surface area contributed by atoms with Gasteiger partial charge in [-0.15, -0.1) is 0 Å². The standard InChI is InChI=1S/C23H23NO4/c1-27-20-13-6-10-16(23(20)28-2)17-14-21(26)24(15-8-4-3-5-9-15)18-11-7-12-19(25)22(17)18/h3-6,8-10,13,17H,7,11-12,14H2,1-2H3/t17-/m0/s1. The Morgan fingerprint density at radius 2 is 1.71 bits per heavy atom. The number of nitrogens with zero attached hydrogens (tertiary/aromatic N) is 1. The molecule has 1 heterocycles. The van der Waals surface area contributed by atoms with Crippen LogP contribution in [0.15, 0.2) is 59.8 Å². The molecule has 0 bridgehead atoms. The highest BCUT2D eigenvalue weighted by molar-refractivity contribution is 6.07. The smallest absolute Gasteiger partial charge is 0.232 e. The first kappa shape index (κ1) is 18.3. The molecule has 0 saturated carbocycles. The first-order valence-corrected chi connectivity index (χ1v) is 9.50. The minimum Gasteiger partial charge on any atom is -0.493 e. The maximum Gasteiger partial charge on any atom is 0.232 e. The van der Waals surface area contributed by atoms with Crippen LogP contribution < -0.4 is 14.4 Å². The molecule has 0 fully saturated rings. The van der Waals surface area contributed by atoms with E-state index in [4.69, 9.17) is 9.47 Å². The fourth-order valence-corrected chi connectivity index (χ4v) is 4.32. The van der Waals surface area contributed by atoms with Gasteiger partial charge in [0.05, 0.1) is 14.2 Å². The molecule has 0 aromatic heterocycles. The molecule has 0 radical (unpaired) electrons. The van der Waals surface area contributed by atoms with Gasteiger partial charge in [0, 0.05) is 41.3 Å². The van der Waals surface area contributed by atoms with Gasteiger partial charge in [0.25, 0.3) is 0 Å². The van der Waals surface area contributed by atoms with E-state index in [1.165, 1.54) is 0 Å². The zero-order chi connectivity index (χ0) is 19.7. The van der Waals surface area contributed by atoms with Gasteiger partial charge in [-0.05, 0) is 31.0 Å². The van der Waals surface area contributed by atoms with Gasteiger partial charge in [-0.25, -0.2) is 0 Å². The highest BCUT2D eigenvalue weighted by Crippen LogP contribution is 2.47. The number of ether oxygens (including phenoxy) is 2. The molecule has 2 aromatic carbocycles. The van der Waals surface area contributed by atoms with E-state index < -0.39 is 0 Å². The third-order valence-electron chi connectivity index (χ3n) is 5.50. The Bertz CT molecular complexity index is 948. The van der Waals surface area contributed by atoms with Gasteiger partial charge in [-0.1, -0.05) is 30.3 Å². The second kappa shape index (κ2) is 7.50. The van der Waals surface area contributed by atoms with Gasteiger partial charge in [0.2, 0.25) is 5.91 Å². The number of carbonyl (C=O) groups excluding carboxylic acids is 2. The fourth-order valence-electron chi connectivity index (χ4n) is 4.32. The largest absolute Gasteiger partial charge is 0.493 e. The lowest BCUT2D eigenvalue weighted by atomic mass is 9.76. The summed E-state index contributed by atoms with van der Waals surface area (Å²) >= 11 is 0. The van der Waals surface area contributed by atoms with E-state index in [2.05, 4.69) is 0 Å². The van der Waals surface area contributed by atoms with Crippen LogP contribution in [0.25, 0.3) is 0 Å². The number of hydrogen-bond acceptors (Lipinski definition) is 4. The molecule has 1 aliphatic heterocycles. The molecule has 4 rings (SSSR count). The van der Waals surface area contributed by atoms with Crippen LogP contribution in [0.2, 0.25) is 0 Å². The Kier molecular flexibility index (Phi) is 4.90. The van der Waals surface area contributed by atoms with Crippen molar-refractivity contribution in [1.82, 2.24) is 0 Å². The number of carbonyl (C=O) groups is 2. The molecule has 1 amide bonds. The lowest BCUT2D eigenvalue weighted by Gasteiger charge is -2.38. The minimum atomic E-state index is -0.319. The third-order valence-corrected chi connectivity index (χ3v) is 5.50. The summed E-state index contributed by atoms with van der Waals surface area (Å²) in [5.74, 6) is 0.976. The Labute approximate surface area is 164 Å². The zero-order valence-electron chi connectivity index (χ0n) is 16.1. The van der Waals surface area contributed by atoms with Crippen molar-refractivity contribution < 1.29 is 19.1 Å². The van der Waals surface area contributed by atoms with E-state index in [9.17, 15) is 9.59 Å². The van der Waals surface area contributed by atoms with Crippen LogP contribution in [0, 0.1) is 0 Å². The summed E-state index contributed by atoms with van der Waals surface area (Å²) in [7, 11) is 3.17. The molecular weight excluding hydrogens is 354 g/mol. The van der Waals surface area contributed by atoms with Gasteiger partial charge in [-0.2, -0.15) is 0 Å². The molecule has 2 aliphatic rings. The van der Waals surface area contributed by atoms with Gasteiger partial charge in [0.1, 0.15) is 0 Å². The summed E-state index contributed by atoms with van der Waals surface area (Å²) in [4.78, 5) is 27.9. The molecule has 5 nitrogen and oxygen atoms in total. The Morgan fingerprint density at radius 1 is 0.929 bits per heavy atom. The van der Waals surface area contributed by atoms with Crippen molar-refractivity contribution in [1.29, 1.82) is 0 Å². The third kappa shape index (κ3) is 2.97. The number of benzene rings is 2. The van der Waals surface area contributed by atoms with Crippen LogP contribution in [0.5, 0.6) is 11.5 Å². The lowest BCUT2D eigenvalue weighted by Crippen LogP contribution is -2.40. The molecule has 2 aromatic rings. The zero-order valence-corrected chi connectivity index (χ0v) is 16.1. The summed E-state index contributed by atoms with van der Waals surface area (Å²) in [6.45, 7) is 0. The number of amides is 1. The number of hydrogen-bond donors (Lipinski definition) is 0. The average Bonchev–Trinajstić information content (AvgIpc) is 2.73. The minimum absolute atomic E-state index is 0.00507. The van der Waals surface area contributed by atoms with Crippen molar-refractivity contribution >= 4 is 17.4 Å². The SMILES string of the molecule is COc1cccc([C@@H]2CC(=O)N(c3ccccc3)C3=C2C(=O)CCC3)c1OC. The summed E-state index contributed by atoms with van der Waals surface area (Å²) in [6.07, 6.45) is 2.21. The first-order valence-electron chi connectivity index (χ1n) is 9.50. The molecule has 0 N–H and O–H groups in total. The number of Topliss-reactive ketones (excluding diaryl/α,β-unsaturated/α-hetero) is 1. The monoisotopic (exact) mass is 377 g/mol. The second-order valence-electron chi connectivity index (χ2n) is 7.04. The van der Waals surface area contributed by atoms with Crippen molar-refractivity contribution in [3.05, 3.63) is 65.4 Å². The molecule has 0 spiro atoms. The molecule has 0 unspecified atom stereocenters. The highest BCUT2D eigenvalue weighted by Gasteiger charge is 2.40. The van der Waals surface area contributed by atoms with E-state index in [-0.39, 0.29) is 24.0 Å². The molecule has 1 atom stereocenters. The van der Waals surface area contributed by atoms with Gasteiger partial charge < -0.3 is 9.47 Å². The molecule has 1 aliphatic carbocycles. The summed E-state index contributed by atoms with van der Waals surface area (Å²) in [5, 5.41) is 0. The number of methoxy groups -OCH3 is 2. The highest BCUT2D eigenvalue weighted by atomic mass is 16.5.